The summed E-state index contributed by atoms with van der Waals surface area (Å²) in [5.41, 5.74) is 2.72. The van der Waals surface area contributed by atoms with Gasteiger partial charge in [-0.15, -0.1) is 5.10 Å². The Morgan fingerprint density at radius 2 is 1.74 bits per heavy atom. The van der Waals surface area contributed by atoms with Crippen LogP contribution in [0.1, 0.15) is 16.7 Å². The van der Waals surface area contributed by atoms with Gasteiger partial charge < -0.3 is 4.57 Å². The summed E-state index contributed by atoms with van der Waals surface area (Å²) in [7, 11) is 2.94. The molecule has 0 fully saturated rings. The molecule has 0 spiro atoms. The Balaban J connectivity index is 1.70. The molecular formula is C23H21FN8O2S. The summed E-state index contributed by atoms with van der Waals surface area (Å²) >= 11 is 1.13. The minimum Gasteiger partial charge on any atom is -0.308 e. The molecule has 0 bridgehead atoms. The predicted octanol–water partition coefficient (Wildman–Crippen LogP) is 2.36. The van der Waals surface area contributed by atoms with Crippen LogP contribution in [-0.4, -0.2) is 38.9 Å². The number of hydrogen-bond donors (Lipinski definition) is 0. The van der Waals surface area contributed by atoms with E-state index in [1.54, 1.807) is 27.4 Å². The van der Waals surface area contributed by atoms with E-state index >= 15 is 0 Å². The first-order valence-electron chi connectivity index (χ1n) is 10.7. The fourth-order valence-corrected chi connectivity index (χ4v) is 4.66. The minimum absolute atomic E-state index is 0.0319. The number of tetrazole rings is 1. The Kier molecular flexibility index (Phi) is 5.59. The van der Waals surface area contributed by atoms with Gasteiger partial charge in [0.1, 0.15) is 5.82 Å². The average Bonchev–Trinajstić information content (AvgIpc) is 3.45. The average molecular weight is 493 g/mol. The molecule has 0 aliphatic heterocycles. The van der Waals surface area contributed by atoms with E-state index in [1.807, 2.05) is 32.0 Å². The van der Waals surface area contributed by atoms with Crippen LogP contribution in [0.3, 0.4) is 0 Å². The maximum Gasteiger partial charge on any atom is 0.332 e. The number of hydrogen-bond acceptors (Lipinski definition) is 7. The number of nitrogens with zero attached hydrogens (tertiary/aromatic N) is 8. The molecule has 10 nitrogen and oxygen atoms in total. The van der Waals surface area contributed by atoms with E-state index in [4.69, 9.17) is 0 Å². The third-order valence-corrected chi connectivity index (χ3v) is 6.89. The number of aromatic nitrogens is 8. The van der Waals surface area contributed by atoms with Crippen molar-refractivity contribution in [2.24, 2.45) is 14.1 Å². The number of fused-ring (bicyclic) bond motifs is 1. The molecular weight excluding hydrogens is 471 g/mol. The predicted molar refractivity (Wildman–Crippen MR) is 128 cm³/mol. The second kappa shape index (κ2) is 8.62. The van der Waals surface area contributed by atoms with Gasteiger partial charge in [0.05, 0.1) is 12.2 Å². The molecule has 2 aromatic carbocycles. The van der Waals surface area contributed by atoms with Gasteiger partial charge in [-0.05, 0) is 65.4 Å². The van der Waals surface area contributed by atoms with Gasteiger partial charge in [-0.2, -0.15) is 4.68 Å². The summed E-state index contributed by atoms with van der Waals surface area (Å²) in [6.07, 6.45) is 0. The highest BCUT2D eigenvalue weighted by Gasteiger charge is 2.23. The summed E-state index contributed by atoms with van der Waals surface area (Å²) in [5.74, 6) is -0.410. The summed E-state index contributed by atoms with van der Waals surface area (Å²) in [5, 5.41) is 12.8. The van der Waals surface area contributed by atoms with Crippen molar-refractivity contribution in [3.8, 4) is 5.69 Å². The van der Waals surface area contributed by atoms with E-state index in [0.29, 0.717) is 15.9 Å². The lowest BCUT2D eigenvalue weighted by Gasteiger charge is -2.10. The zero-order valence-corrected chi connectivity index (χ0v) is 20.2. The van der Waals surface area contributed by atoms with Gasteiger partial charge in [-0.3, -0.25) is 13.9 Å². The first-order valence-corrected chi connectivity index (χ1v) is 11.5. The normalized spacial score (nSPS) is 11.5. The zero-order chi connectivity index (χ0) is 24.9. The fourth-order valence-electron chi connectivity index (χ4n) is 3.79. The van der Waals surface area contributed by atoms with Crippen molar-refractivity contribution in [1.82, 2.24) is 38.9 Å². The summed E-state index contributed by atoms with van der Waals surface area (Å²) in [4.78, 5) is 30.2. The van der Waals surface area contributed by atoms with Crippen LogP contribution in [0.15, 0.2) is 62.4 Å². The van der Waals surface area contributed by atoms with Crippen molar-refractivity contribution in [2.75, 3.05) is 0 Å². The molecule has 0 aliphatic carbocycles. The van der Waals surface area contributed by atoms with Gasteiger partial charge in [0.25, 0.3) is 5.56 Å². The SMILES string of the molecule is Cc1ccc(-n2nnnc2Sc2nc3c(c(=O)n(C)c(=O)n3C)n2Cc2ccccc2F)cc1C. The van der Waals surface area contributed by atoms with E-state index in [-0.39, 0.29) is 17.7 Å². The largest absolute Gasteiger partial charge is 0.332 e. The molecule has 3 aromatic heterocycles. The highest BCUT2D eigenvalue weighted by molar-refractivity contribution is 7.99. The van der Waals surface area contributed by atoms with Crippen molar-refractivity contribution in [1.29, 1.82) is 0 Å². The van der Waals surface area contributed by atoms with Crippen LogP contribution in [-0.2, 0) is 20.6 Å². The van der Waals surface area contributed by atoms with Crippen LogP contribution >= 0.6 is 11.8 Å². The number of halogens is 1. The summed E-state index contributed by atoms with van der Waals surface area (Å²) < 4.78 is 20.0. The van der Waals surface area contributed by atoms with Crippen LogP contribution in [0, 0.1) is 19.7 Å². The molecule has 178 valence electrons. The third-order valence-electron chi connectivity index (χ3n) is 5.96. The zero-order valence-electron chi connectivity index (χ0n) is 19.4. The number of aryl methyl sites for hydroxylation is 3. The molecule has 12 heteroatoms. The first-order chi connectivity index (χ1) is 16.8. The van der Waals surface area contributed by atoms with Gasteiger partial charge >= 0.3 is 5.69 Å². The van der Waals surface area contributed by atoms with Crippen LogP contribution in [0.25, 0.3) is 16.9 Å². The molecule has 0 amide bonds. The molecule has 35 heavy (non-hydrogen) atoms. The summed E-state index contributed by atoms with van der Waals surface area (Å²) in [6.45, 7) is 4.05. The van der Waals surface area contributed by atoms with Gasteiger partial charge in [0.15, 0.2) is 16.3 Å². The van der Waals surface area contributed by atoms with Gasteiger partial charge in [-0.25, -0.2) is 14.2 Å². The van der Waals surface area contributed by atoms with Crippen molar-refractivity contribution in [2.45, 2.75) is 30.7 Å². The van der Waals surface area contributed by atoms with Crippen molar-refractivity contribution in [3.05, 3.63) is 85.8 Å². The van der Waals surface area contributed by atoms with Gasteiger partial charge in [0.2, 0.25) is 5.16 Å². The lowest BCUT2D eigenvalue weighted by molar-refractivity contribution is 0.592. The second-order valence-corrected chi connectivity index (χ2v) is 9.13. The van der Waals surface area contributed by atoms with Crippen LogP contribution in [0.2, 0.25) is 0 Å². The smallest absolute Gasteiger partial charge is 0.308 e. The molecule has 5 rings (SSSR count). The Morgan fingerprint density at radius 1 is 0.971 bits per heavy atom. The van der Waals surface area contributed by atoms with Crippen molar-refractivity contribution < 1.29 is 4.39 Å². The first kappa shape index (κ1) is 22.7. The number of benzene rings is 2. The Bertz CT molecular complexity index is 1720. The molecule has 0 atom stereocenters. The number of imidazole rings is 1. The van der Waals surface area contributed by atoms with Gasteiger partial charge in [0, 0.05) is 19.7 Å². The molecule has 0 saturated heterocycles. The monoisotopic (exact) mass is 492 g/mol. The van der Waals surface area contributed by atoms with E-state index in [9.17, 15) is 14.0 Å². The standard InChI is InChI=1S/C23H21FN8O2S/c1-13-9-10-16(11-14(13)2)32-22(26-27-28-32)35-21-25-19-18(20(33)30(4)23(34)29(19)3)31(21)12-15-7-5-6-8-17(15)24/h5-11H,12H2,1-4H3. The van der Waals surface area contributed by atoms with E-state index in [2.05, 4.69) is 20.5 Å². The van der Waals surface area contributed by atoms with Crippen LogP contribution in [0.5, 0.6) is 0 Å². The highest BCUT2D eigenvalue weighted by atomic mass is 32.2. The molecule has 0 radical (unpaired) electrons. The topological polar surface area (TPSA) is 105 Å². The Hall–Kier alpha value is -4.06. The van der Waals surface area contributed by atoms with Crippen molar-refractivity contribution >= 4 is 22.9 Å². The third kappa shape index (κ3) is 3.85. The lowest BCUT2D eigenvalue weighted by atomic mass is 10.1. The van der Waals surface area contributed by atoms with E-state index < -0.39 is 17.1 Å². The van der Waals surface area contributed by atoms with Gasteiger partial charge in [-0.1, -0.05) is 24.3 Å². The highest BCUT2D eigenvalue weighted by Crippen LogP contribution is 2.30. The Morgan fingerprint density at radius 3 is 2.49 bits per heavy atom. The molecule has 0 saturated carbocycles. The van der Waals surface area contributed by atoms with E-state index in [0.717, 1.165) is 33.1 Å². The molecule has 3 heterocycles. The maximum atomic E-state index is 14.6. The second-order valence-electron chi connectivity index (χ2n) is 8.19. The fraction of sp³-hybridized carbons (Fsp3) is 0.217. The Labute approximate surface area is 202 Å². The molecule has 0 aliphatic rings. The molecule has 0 unspecified atom stereocenters. The quantitative estimate of drug-likeness (QED) is 0.371. The summed E-state index contributed by atoms with van der Waals surface area (Å²) in [6, 6.07) is 12.2. The van der Waals surface area contributed by atoms with Crippen LogP contribution < -0.4 is 11.2 Å². The molecule has 5 aromatic rings. The van der Waals surface area contributed by atoms with Crippen molar-refractivity contribution in [3.63, 3.8) is 0 Å². The van der Waals surface area contributed by atoms with E-state index in [1.165, 1.54) is 24.7 Å². The minimum atomic E-state index is -0.521. The van der Waals surface area contributed by atoms with Crippen LogP contribution in [0.4, 0.5) is 4.39 Å². The molecule has 0 N–H and O–H groups in total. The lowest BCUT2D eigenvalue weighted by Crippen LogP contribution is -2.37. The maximum absolute atomic E-state index is 14.6. The number of rotatable bonds is 5.